The highest BCUT2D eigenvalue weighted by molar-refractivity contribution is 7.12. The largest absolute Gasteiger partial charge is 0.354 e. The summed E-state index contributed by atoms with van der Waals surface area (Å²) in [6, 6.07) is 26.3. The van der Waals surface area contributed by atoms with E-state index in [1.54, 1.807) is 29.2 Å². The molecular formula is C33H31ClN2O3S. The molecule has 1 fully saturated rings. The molecule has 4 atom stereocenters. The molecule has 0 spiro atoms. The van der Waals surface area contributed by atoms with Crippen molar-refractivity contribution in [3.05, 3.63) is 129 Å². The van der Waals surface area contributed by atoms with Gasteiger partial charge >= 0.3 is 0 Å². The minimum atomic E-state index is -0.916. The second-order valence-electron chi connectivity index (χ2n) is 10.1. The Morgan fingerprint density at radius 1 is 0.875 bits per heavy atom. The van der Waals surface area contributed by atoms with Gasteiger partial charge in [0.05, 0.1) is 16.8 Å². The van der Waals surface area contributed by atoms with E-state index in [1.807, 2.05) is 86.0 Å². The maximum atomic E-state index is 14.4. The lowest BCUT2D eigenvalue weighted by Gasteiger charge is -2.31. The van der Waals surface area contributed by atoms with Gasteiger partial charge in [0.1, 0.15) is 6.04 Å². The normalized spacial score (nSPS) is 20.3. The van der Waals surface area contributed by atoms with Crippen LogP contribution in [0.15, 0.2) is 96.4 Å². The fraction of sp³-hybridized carbons (Fsp3) is 0.242. The zero-order valence-corrected chi connectivity index (χ0v) is 24.0. The zero-order valence-electron chi connectivity index (χ0n) is 22.4. The molecule has 204 valence electrons. The van der Waals surface area contributed by atoms with Crippen LogP contribution in [0.2, 0.25) is 5.02 Å². The van der Waals surface area contributed by atoms with Gasteiger partial charge in [-0.1, -0.05) is 84.8 Å². The number of carbonyl (C=O) groups is 3. The summed E-state index contributed by atoms with van der Waals surface area (Å²) in [6.07, 6.45) is 0.746. The maximum Gasteiger partial charge on any atom is 0.255 e. The molecule has 1 aromatic heterocycles. The predicted molar refractivity (Wildman–Crippen MR) is 160 cm³/mol. The fourth-order valence-corrected chi connectivity index (χ4v) is 6.47. The molecule has 0 aliphatic carbocycles. The van der Waals surface area contributed by atoms with Crippen LogP contribution in [0, 0.1) is 12.8 Å². The third-order valence-corrected chi connectivity index (χ3v) is 8.62. The number of amides is 2. The van der Waals surface area contributed by atoms with Crippen LogP contribution in [0.25, 0.3) is 0 Å². The van der Waals surface area contributed by atoms with E-state index in [4.69, 9.17) is 11.6 Å². The molecule has 0 radical (unpaired) electrons. The lowest BCUT2D eigenvalue weighted by Crippen LogP contribution is -2.48. The summed E-state index contributed by atoms with van der Waals surface area (Å²) in [5.74, 6) is -1.94. The summed E-state index contributed by atoms with van der Waals surface area (Å²) in [5.41, 5.74) is 3.09. The Balaban J connectivity index is 1.76. The van der Waals surface area contributed by atoms with Gasteiger partial charge in [0, 0.05) is 23.0 Å². The minimum absolute atomic E-state index is 0.0868. The number of Topliss-reactive ketones (excluding diaryl/α,β-unsaturated/α-hetero) is 1. The Kier molecular flexibility index (Phi) is 8.48. The number of ketones is 1. The number of hydrogen-bond donors (Lipinski definition) is 1. The van der Waals surface area contributed by atoms with Crippen LogP contribution >= 0.6 is 22.9 Å². The molecule has 1 N–H and O–H groups in total. The summed E-state index contributed by atoms with van der Waals surface area (Å²) >= 11 is 7.62. The van der Waals surface area contributed by atoms with Gasteiger partial charge < -0.3 is 10.2 Å². The number of halogens is 1. The molecule has 1 aliphatic heterocycles. The molecule has 0 bridgehead atoms. The van der Waals surface area contributed by atoms with E-state index in [0.717, 1.165) is 23.1 Å². The Morgan fingerprint density at radius 3 is 2.20 bits per heavy atom. The van der Waals surface area contributed by atoms with E-state index in [9.17, 15) is 14.4 Å². The first-order chi connectivity index (χ1) is 19.4. The molecule has 7 heteroatoms. The van der Waals surface area contributed by atoms with Crippen LogP contribution in [0.5, 0.6) is 0 Å². The van der Waals surface area contributed by atoms with E-state index in [1.165, 1.54) is 11.3 Å². The van der Waals surface area contributed by atoms with Crippen molar-refractivity contribution in [2.45, 2.75) is 38.3 Å². The first-order valence-corrected chi connectivity index (χ1v) is 14.7. The first kappa shape index (κ1) is 27.8. The fourth-order valence-electron chi connectivity index (χ4n) is 5.63. The highest BCUT2D eigenvalue weighted by atomic mass is 35.5. The number of nitrogens with zero attached hydrogens (tertiary/aromatic N) is 1. The third kappa shape index (κ3) is 5.47. The highest BCUT2D eigenvalue weighted by Gasteiger charge is 2.57. The van der Waals surface area contributed by atoms with Crippen molar-refractivity contribution < 1.29 is 14.4 Å². The van der Waals surface area contributed by atoms with Crippen LogP contribution in [-0.4, -0.2) is 35.1 Å². The van der Waals surface area contributed by atoms with Crippen LogP contribution in [-0.2, 0) is 4.79 Å². The summed E-state index contributed by atoms with van der Waals surface area (Å²) in [4.78, 5) is 45.1. The van der Waals surface area contributed by atoms with Crippen molar-refractivity contribution in [3.63, 3.8) is 0 Å². The van der Waals surface area contributed by atoms with Crippen molar-refractivity contribution in [1.82, 2.24) is 10.2 Å². The van der Waals surface area contributed by atoms with Crippen LogP contribution < -0.4 is 5.32 Å². The van der Waals surface area contributed by atoms with Crippen LogP contribution in [0.3, 0.4) is 0 Å². The molecule has 2 heterocycles. The lowest BCUT2D eigenvalue weighted by molar-refractivity contribution is -0.125. The van der Waals surface area contributed by atoms with Gasteiger partial charge in [-0.25, -0.2) is 0 Å². The van der Waals surface area contributed by atoms with Crippen molar-refractivity contribution in [1.29, 1.82) is 0 Å². The average molecular weight is 571 g/mol. The van der Waals surface area contributed by atoms with Gasteiger partial charge in [-0.2, -0.15) is 0 Å². The number of carbonyl (C=O) groups excluding carboxylic acids is 3. The Bertz CT molecular complexity index is 1470. The average Bonchev–Trinajstić information content (AvgIpc) is 3.64. The third-order valence-electron chi connectivity index (χ3n) is 7.48. The molecule has 1 aliphatic rings. The smallest absolute Gasteiger partial charge is 0.255 e. The monoisotopic (exact) mass is 570 g/mol. The van der Waals surface area contributed by atoms with Gasteiger partial charge in [-0.15, -0.1) is 11.3 Å². The number of thiophene rings is 1. The zero-order chi connectivity index (χ0) is 28.2. The number of likely N-dealkylation sites (tertiary alicyclic amines) is 1. The van der Waals surface area contributed by atoms with E-state index in [0.29, 0.717) is 22.0 Å². The van der Waals surface area contributed by atoms with Crippen LogP contribution in [0.4, 0.5) is 0 Å². The molecule has 4 aromatic rings. The number of rotatable bonds is 8. The molecule has 2 amide bonds. The lowest BCUT2D eigenvalue weighted by atomic mass is 9.77. The Morgan fingerprint density at radius 2 is 1.57 bits per heavy atom. The van der Waals surface area contributed by atoms with Crippen molar-refractivity contribution in [3.8, 4) is 0 Å². The molecule has 5 rings (SSSR count). The quantitative estimate of drug-likeness (QED) is 0.230. The molecule has 1 saturated heterocycles. The maximum absolute atomic E-state index is 14.4. The molecule has 40 heavy (non-hydrogen) atoms. The second-order valence-corrected chi connectivity index (χ2v) is 11.5. The van der Waals surface area contributed by atoms with E-state index in [-0.39, 0.29) is 17.6 Å². The topological polar surface area (TPSA) is 66.5 Å². The summed E-state index contributed by atoms with van der Waals surface area (Å²) < 4.78 is 0. The Hall–Kier alpha value is -3.74. The SMILES string of the molecule is CCCNC(=O)C1C(c2ccc(Cl)cc2)C(C(=O)c2cccs2)C(c2ccccc2)N1C(=O)c1ccc(C)cc1. The summed E-state index contributed by atoms with van der Waals surface area (Å²) in [5, 5.41) is 5.46. The second kappa shape index (κ2) is 12.2. The molecule has 3 aromatic carbocycles. The van der Waals surface area contributed by atoms with Crippen molar-refractivity contribution in [2.75, 3.05) is 6.54 Å². The van der Waals surface area contributed by atoms with Gasteiger partial charge in [0.15, 0.2) is 5.78 Å². The van der Waals surface area contributed by atoms with Crippen molar-refractivity contribution >= 4 is 40.5 Å². The minimum Gasteiger partial charge on any atom is -0.354 e. The predicted octanol–water partition coefficient (Wildman–Crippen LogP) is 7.08. The first-order valence-electron chi connectivity index (χ1n) is 13.5. The summed E-state index contributed by atoms with van der Waals surface area (Å²) in [6.45, 7) is 4.41. The van der Waals surface area contributed by atoms with Crippen molar-refractivity contribution in [2.24, 2.45) is 5.92 Å². The Labute approximate surface area is 243 Å². The molecule has 5 nitrogen and oxygen atoms in total. The molecule has 0 saturated carbocycles. The highest BCUT2D eigenvalue weighted by Crippen LogP contribution is 2.52. The van der Waals surface area contributed by atoms with E-state index in [2.05, 4.69) is 5.32 Å². The van der Waals surface area contributed by atoms with Gasteiger partial charge in [0.2, 0.25) is 5.91 Å². The standard InChI is InChI=1S/C33H31ClN2O3S/c1-3-19-35-32(38)30-27(22-15-17-25(34)18-16-22)28(31(37)26-10-7-20-40-26)29(23-8-5-4-6-9-23)36(30)33(39)24-13-11-21(2)12-14-24/h4-18,20,27-30H,3,19H2,1-2H3,(H,35,38). The number of benzene rings is 3. The summed E-state index contributed by atoms with van der Waals surface area (Å²) in [7, 11) is 0. The molecule has 4 unspecified atom stereocenters. The van der Waals surface area contributed by atoms with Gasteiger partial charge in [-0.3, -0.25) is 14.4 Å². The number of aryl methyl sites for hydroxylation is 1. The number of nitrogens with one attached hydrogen (secondary N) is 1. The van der Waals surface area contributed by atoms with Gasteiger partial charge in [0.25, 0.3) is 5.91 Å². The van der Waals surface area contributed by atoms with Crippen LogP contribution in [0.1, 0.15) is 62.0 Å². The number of hydrogen-bond acceptors (Lipinski definition) is 4. The molecular weight excluding hydrogens is 540 g/mol. The van der Waals surface area contributed by atoms with E-state index < -0.39 is 23.9 Å². The van der Waals surface area contributed by atoms with E-state index >= 15 is 0 Å². The van der Waals surface area contributed by atoms with Gasteiger partial charge in [-0.05, 0) is 60.2 Å².